The minimum atomic E-state index is -0.138. The van der Waals surface area contributed by atoms with Crippen LogP contribution < -0.4 is 5.32 Å². The summed E-state index contributed by atoms with van der Waals surface area (Å²) < 4.78 is 0. The van der Waals surface area contributed by atoms with Crippen LogP contribution in [0.1, 0.15) is 21.5 Å². The van der Waals surface area contributed by atoms with E-state index < -0.39 is 0 Å². The van der Waals surface area contributed by atoms with Gasteiger partial charge in [0.15, 0.2) is 0 Å². The number of nitrogens with one attached hydrogen (secondary N) is 1. The molecule has 0 aliphatic heterocycles. The maximum absolute atomic E-state index is 13.3. The second-order valence-electron chi connectivity index (χ2n) is 6.75. The number of carbonyl (C=O) groups is 1. The number of rotatable bonds is 3. The summed E-state index contributed by atoms with van der Waals surface area (Å²) in [5, 5.41) is 4.56. The van der Waals surface area contributed by atoms with Gasteiger partial charge in [-0.1, -0.05) is 60.1 Å². The molecule has 3 aromatic carbocycles. The Labute approximate surface area is 169 Å². The van der Waals surface area contributed by atoms with Crippen LogP contribution in [-0.2, 0) is 0 Å². The van der Waals surface area contributed by atoms with E-state index in [1.54, 1.807) is 0 Å². The average Bonchev–Trinajstić information content (AvgIpc) is 2.70. The largest absolute Gasteiger partial charge is 0.322 e. The van der Waals surface area contributed by atoms with Gasteiger partial charge in [0.25, 0.3) is 5.91 Å². The van der Waals surface area contributed by atoms with E-state index in [0.29, 0.717) is 10.6 Å². The van der Waals surface area contributed by atoms with E-state index in [1.165, 1.54) is 0 Å². The van der Waals surface area contributed by atoms with Gasteiger partial charge in [0.05, 0.1) is 16.8 Å². The summed E-state index contributed by atoms with van der Waals surface area (Å²) in [6, 6.07) is 23.0. The van der Waals surface area contributed by atoms with Crippen molar-refractivity contribution in [1.82, 2.24) is 4.98 Å². The zero-order chi connectivity index (χ0) is 19.7. The molecule has 4 aromatic rings. The summed E-state index contributed by atoms with van der Waals surface area (Å²) in [6.45, 7) is 3.92. The highest BCUT2D eigenvalue weighted by Gasteiger charge is 2.19. The molecule has 1 heterocycles. The zero-order valence-corrected chi connectivity index (χ0v) is 16.4. The molecule has 0 bridgehead atoms. The van der Waals surface area contributed by atoms with Gasteiger partial charge in [-0.2, -0.15) is 0 Å². The summed E-state index contributed by atoms with van der Waals surface area (Å²) in [7, 11) is 0. The second kappa shape index (κ2) is 7.45. The zero-order valence-electron chi connectivity index (χ0n) is 15.7. The summed E-state index contributed by atoms with van der Waals surface area (Å²) in [6.07, 6.45) is 0. The van der Waals surface area contributed by atoms with Crippen molar-refractivity contribution in [3.63, 3.8) is 0 Å². The topological polar surface area (TPSA) is 42.0 Å². The molecular formula is C24H19ClN2O. The van der Waals surface area contributed by atoms with Crippen LogP contribution in [-0.4, -0.2) is 10.9 Å². The number of halogens is 1. The summed E-state index contributed by atoms with van der Waals surface area (Å²) >= 11 is 6.04. The molecule has 0 radical (unpaired) electrons. The minimum absolute atomic E-state index is 0.138. The molecule has 0 unspecified atom stereocenters. The number of hydrogen-bond donors (Lipinski definition) is 1. The maximum Gasteiger partial charge on any atom is 0.256 e. The van der Waals surface area contributed by atoms with Crippen molar-refractivity contribution in [2.24, 2.45) is 0 Å². The van der Waals surface area contributed by atoms with Crippen LogP contribution in [0.25, 0.3) is 22.2 Å². The fourth-order valence-electron chi connectivity index (χ4n) is 3.39. The number of carbonyl (C=O) groups excluding carboxylic acids is 1. The fourth-order valence-corrected chi connectivity index (χ4v) is 3.51. The number of pyridine rings is 1. The lowest BCUT2D eigenvalue weighted by Crippen LogP contribution is -2.16. The number of aromatic nitrogens is 1. The third kappa shape index (κ3) is 3.37. The van der Waals surface area contributed by atoms with Gasteiger partial charge in [-0.3, -0.25) is 4.79 Å². The molecule has 1 N–H and O–H groups in total. The third-order valence-corrected chi connectivity index (χ3v) is 5.13. The highest BCUT2D eigenvalue weighted by molar-refractivity contribution is 6.30. The number of para-hydroxylation sites is 2. The first kappa shape index (κ1) is 18.2. The molecule has 4 heteroatoms. The average molecular weight is 387 g/mol. The Kier molecular flexibility index (Phi) is 4.84. The van der Waals surface area contributed by atoms with Gasteiger partial charge < -0.3 is 5.32 Å². The Morgan fingerprint density at radius 1 is 0.893 bits per heavy atom. The quantitative estimate of drug-likeness (QED) is 0.441. The first-order chi connectivity index (χ1) is 13.5. The molecule has 0 spiro atoms. The van der Waals surface area contributed by atoms with Gasteiger partial charge in [0.2, 0.25) is 0 Å². The Morgan fingerprint density at radius 3 is 2.32 bits per heavy atom. The molecule has 1 aromatic heterocycles. The van der Waals surface area contributed by atoms with Gasteiger partial charge in [0, 0.05) is 21.7 Å². The normalized spacial score (nSPS) is 10.8. The molecule has 0 aliphatic carbocycles. The number of benzene rings is 3. The monoisotopic (exact) mass is 386 g/mol. The molecule has 138 valence electrons. The number of amides is 1. The van der Waals surface area contributed by atoms with Crippen LogP contribution in [0.15, 0.2) is 72.8 Å². The van der Waals surface area contributed by atoms with Gasteiger partial charge in [0.1, 0.15) is 0 Å². The van der Waals surface area contributed by atoms with Crippen molar-refractivity contribution >= 4 is 34.1 Å². The van der Waals surface area contributed by atoms with Crippen molar-refractivity contribution in [1.29, 1.82) is 0 Å². The van der Waals surface area contributed by atoms with Crippen molar-refractivity contribution in [3.05, 3.63) is 94.5 Å². The Morgan fingerprint density at radius 2 is 1.57 bits per heavy atom. The predicted octanol–water partition coefficient (Wildman–Crippen LogP) is 6.42. The summed E-state index contributed by atoms with van der Waals surface area (Å²) in [5.41, 5.74) is 5.80. The van der Waals surface area contributed by atoms with Gasteiger partial charge >= 0.3 is 0 Å². The van der Waals surface area contributed by atoms with E-state index in [9.17, 15) is 4.79 Å². The van der Waals surface area contributed by atoms with Crippen LogP contribution >= 0.6 is 11.6 Å². The van der Waals surface area contributed by atoms with Gasteiger partial charge in [-0.15, -0.1) is 0 Å². The highest BCUT2D eigenvalue weighted by Crippen LogP contribution is 2.31. The standard InChI is InChI=1S/C24H19ClN2O/c1-15-7-3-5-9-20(15)27-24(28)22-16(2)23(17-11-13-18(25)14-12-17)26-21-10-6-4-8-19(21)22/h3-14H,1-2H3,(H,27,28). The highest BCUT2D eigenvalue weighted by atomic mass is 35.5. The van der Waals surface area contributed by atoms with Crippen LogP contribution in [0.3, 0.4) is 0 Å². The van der Waals surface area contributed by atoms with Crippen LogP contribution in [0, 0.1) is 13.8 Å². The van der Waals surface area contributed by atoms with E-state index in [4.69, 9.17) is 16.6 Å². The van der Waals surface area contributed by atoms with E-state index in [-0.39, 0.29) is 5.91 Å². The molecule has 3 nitrogen and oxygen atoms in total. The van der Waals surface area contributed by atoms with Crippen molar-refractivity contribution in [2.45, 2.75) is 13.8 Å². The van der Waals surface area contributed by atoms with Crippen molar-refractivity contribution in [2.75, 3.05) is 5.32 Å². The SMILES string of the molecule is Cc1ccccc1NC(=O)c1c(C)c(-c2ccc(Cl)cc2)nc2ccccc12. The Hall–Kier alpha value is -3.17. The lowest BCUT2D eigenvalue weighted by atomic mass is 9.97. The second-order valence-corrected chi connectivity index (χ2v) is 7.19. The number of hydrogen-bond acceptors (Lipinski definition) is 2. The molecule has 0 atom stereocenters. The predicted molar refractivity (Wildman–Crippen MR) is 116 cm³/mol. The fraction of sp³-hybridized carbons (Fsp3) is 0.0833. The van der Waals surface area contributed by atoms with Crippen molar-refractivity contribution < 1.29 is 4.79 Å². The number of fused-ring (bicyclic) bond motifs is 1. The van der Waals surface area contributed by atoms with Crippen LogP contribution in [0.4, 0.5) is 5.69 Å². The Balaban J connectivity index is 1.89. The molecule has 0 saturated heterocycles. The molecule has 4 rings (SSSR count). The number of aryl methyl sites for hydroxylation is 1. The number of nitrogens with zero attached hydrogens (tertiary/aromatic N) is 1. The van der Waals surface area contributed by atoms with Gasteiger partial charge in [-0.05, 0) is 49.2 Å². The smallest absolute Gasteiger partial charge is 0.256 e. The lowest BCUT2D eigenvalue weighted by molar-refractivity contribution is 0.102. The Bertz CT molecular complexity index is 1180. The molecular weight excluding hydrogens is 368 g/mol. The van der Waals surface area contributed by atoms with Crippen molar-refractivity contribution in [3.8, 4) is 11.3 Å². The first-order valence-electron chi connectivity index (χ1n) is 9.07. The van der Waals surface area contributed by atoms with Crippen LogP contribution in [0.2, 0.25) is 5.02 Å². The lowest BCUT2D eigenvalue weighted by Gasteiger charge is -2.15. The summed E-state index contributed by atoms with van der Waals surface area (Å²) in [4.78, 5) is 18.1. The summed E-state index contributed by atoms with van der Waals surface area (Å²) in [5.74, 6) is -0.138. The molecule has 0 aliphatic rings. The molecule has 0 fully saturated rings. The van der Waals surface area contributed by atoms with E-state index in [1.807, 2.05) is 86.6 Å². The molecule has 0 saturated carbocycles. The van der Waals surface area contributed by atoms with E-state index in [2.05, 4.69) is 5.32 Å². The van der Waals surface area contributed by atoms with Gasteiger partial charge in [-0.25, -0.2) is 4.98 Å². The third-order valence-electron chi connectivity index (χ3n) is 4.87. The van der Waals surface area contributed by atoms with E-state index >= 15 is 0 Å². The first-order valence-corrected chi connectivity index (χ1v) is 9.44. The minimum Gasteiger partial charge on any atom is -0.322 e. The van der Waals surface area contributed by atoms with E-state index in [0.717, 1.165) is 39.0 Å². The maximum atomic E-state index is 13.3. The van der Waals surface area contributed by atoms with Crippen LogP contribution in [0.5, 0.6) is 0 Å². The molecule has 1 amide bonds. The molecule has 28 heavy (non-hydrogen) atoms. The number of anilines is 1.